The van der Waals surface area contributed by atoms with Crippen LogP contribution in [0.1, 0.15) is 51.2 Å². The molecule has 2 aromatic rings. The predicted molar refractivity (Wildman–Crippen MR) is 98.1 cm³/mol. The van der Waals surface area contributed by atoms with Crippen LogP contribution in [-0.2, 0) is 0 Å². The number of benzene rings is 2. The van der Waals surface area contributed by atoms with Crippen molar-refractivity contribution in [3.63, 3.8) is 0 Å². The first-order valence-corrected chi connectivity index (χ1v) is 8.88. The fourth-order valence-corrected chi connectivity index (χ4v) is 5.35. The molecule has 2 aliphatic rings. The highest BCUT2D eigenvalue weighted by atomic mass is 14.6. The van der Waals surface area contributed by atoms with Crippen LogP contribution in [0.25, 0.3) is 5.57 Å². The first-order valence-electron chi connectivity index (χ1n) is 8.88. The van der Waals surface area contributed by atoms with Gasteiger partial charge < -0.3 is 0 Å². The lowest BCUT2D eigenvalue weighted by atomic mass is 9.65. The summed E-state index contributed by atoms with van der Waals surface area (Å²) in [6, 6.07) is 22.0. The van der Waals surface area contributed by atoms with E-state index in [2.05, 4.69) is 81.4 Å². The second-order valence-electron chi connectivity index (χ2n) is 8.20. The van der Waals surface area contributed by atoms with Crippen molar-refractivity contribution >= 4 is 5.57 Å². The SMILES string of the molecule is CC1(C)C(=C(c2ccccc2)c2ccccc2)[C@@]2(C)CCC1C2. The van der Waals surface area contributed by atoms with Crippen LogP contribution in [0.3, 0.4) is 0 Å². The van der Waals surface area contributed by atoms with Gasteiger partial charge in [-0.25, -0.2) is 0 Å². The van der Waals surface area contributed by atoms with E-state index in [4.69, 9.17) is 0 Å². The first kappa shape index (κ1) is 14.8. The molecule has 23 heavy (non-hydrogen) atoms. The number of allylic oxidation sites excluding steroid dienone is 1. The Kier molecular flexibility index (Phi) is 3.27. The van der Waals surface area contributed by atoms with E-state index in [0.717, 1.165) is 5.92 Å². The highest BCUT2D eigenvalue weighted by molar-refractivity contribution is 5.84. The first-order chi connectivity index (χ1) is 11.0. The zero-order valence-electron chi connectivity index (χ0n) is 14.5. The molecule has 0 heterocycles. The van der Waals surface area contributed by atoms with Gasteiger partial charge in [-0.05, 0) is 58.3 Å². The summed E-state index contributed by atoms with van der Waals surface area (Å²) in [7, 11) is 0. The van der Waals surface area contributed by atoms with Gasteiger partial charge in [0, 0.05) is 0 Å². The molecular formula is C23H26. The van der Waals surface area contributed by atoms with E-state index in [9.17, 15) is 0 Å². The minimum absolute atomic E-state index is 0.300. The average molecular weight is 302 g/mol. The van der Waals surface area contributed by atoms with Crippen molar-refractivity contribution in [2.24, 2.45) is 16.7 Å². The second-order valence-corrected chi connectivity index (χ2v) is 8.20. The maximum Gasteiger partial charge on any atom is -0.00984 e. The lowest BCUT2D eigenvalue weighted by Crippen LogP contribution is -2.28. The van der Waals surface area contributed by atoms with Crippen molar-refractivity contribution < 1.29 is 0 Å². The summed E-state index contributed by atoms with van der Waals surface area (Å²) in [4.78, 5) is 0. The van der Waals surface area contributed by atoms with Crippen molar-refractivity contribution in [3.05, 3.63) is 77.4 Å². The molecule has 0 radical (unpaired) electrons. The van der Waals surface area contributed by atoms with E-state index in [1.807, 2.05) is 0 Å². The zero-order chi connectivity index (χ0) is 16.1. The molecule has 0 heteroatoms. The molecule has 0 saturated heterocycles. The molecule has 2 aromatic carbocycles. The summed E-state index contributed by atoms with van der Waals surface area (Å²) < 4.78 is 0. The van der Waals surface area contributed by atoms with Crippen LogP contribution in [0.5, 0.6) is 0 Å². The quantitative estimate of drug-likeness (QED) is 0.607. The molecular weight excluding hydrogens is 276 g/mol. The monoisotopic (exact) mass is 302 g/mol. The lowest BCUT2D eigenvalue weighted by molar-refractivity contribution is 0.275. The Bertz CT molecular complexity index is 688. The summed E-state index contributed by atoms with van der Waals surface area (Å²) >= 11 is 0. The van der Waals surface area contributed by atoms with Gasteiger partial charge >= 0.3 is 0 Å². The van der Waals surface area contributed by atoms with E-state index in [-0.39, 0.29) is 0 Å². The van der Waals surface area contributed by atoms with E-state index < -0.39 is 0 Å². The number of rotatable bonds is 2. The number of fused-ring (bicyclic) bond motifs is 2. The van der Waals surface area contributed by atoms with Gasteiger partial charge in [-0.15, -0.1) is 0 Å². The Morgan fingerprint density at radius 1 is 0.826 bits per heavy atom. The largest absolute Gasteiger partial charge is 0.0622 e. The summed E-state index contributed by atoms with van der Waals surface area (Å²) in [6.07, 6.45) is 4.10. The van der Waals surface area contributed by atoms with E-state index >= 15 is 0 Å². The highest BCUT2D eigenvalue weighted by Crippen LogP contribution is 2.67. The third kappa shape index (κ3) is 2.19. The average Bonchev–Trinajstić information content (AvgIpc) is 3.04. The zero-order valence-corrected chi connectivity index (χ0v) is 14.5. The van der Waals surface area contributed by atoms with Gasteiger partial charge in [-0.1, -0.05) is 81.4 Å². The summed E-state index contributed by atoms with van der Waals surface area (Å²) in [5, 5.41) is 0. The van der Waals surface area contributed by atoms with Crippen LogP contribution in [0.15, 0.2) is 66.2 Å². The molecule has 0 spiro atoms. The van der Waals surface area contributed by atoms with E-state index in [0.29, 0.717) is 10.8 Å². The molecule has 0 N–H and O–H groups in total. The number of hydrogen-bond acceptors (Lipinski definition) is 0. The molecule has 0 nitrogen and oxygen atoms in total. The molecule has 0 aliphatic heterocycles. The molecule has 118 valence electrons. The van der Waals surface area contributed by atoms with Gasteiger partial charge in [0.1, 0.15) is 0 Å². The third-order valence-electron chi connectivity index (χ3n) is 6.38. The Morgan fingerprint density at radius 3 is 1.78 bits per heavy atom. The van der Waals surface area contributed by atoms with E-state index in [1.165, 1.54) is 36.0 Å². The molecule has 4 rings (SSSR count). The van der Waals surface area contributed by atoms with Gasteiger partial charge in [-0.2, -0.15) is 0 Å². The fraction of sp³-hybridized carbons (Fsp3) is 0.391. The van der Waals surface area contributed by atoms with Crippen molar-refractivity contribution in [2.75, 3.05) is 0 Å². The smallest absolute Gasteiger partial charge is 0.00984 e. The third-order valence-corrected chi connectivity index (χ3v) is 6.38. The normalized spacial score (nSPS) is 28.1. The van der Waals surface area contributed by atoms with Gasteiger partial charge in [-0.3, -0.25) is 0 Å². The lowest BCUT2D eigenvalue weighted by Gasteiger charge is -2.39. The Morgan fingerprint density at radius 2 is 1.35 bits per heavy atom. The van der Waals surface area contributed by atoms with Crippen molar-refractivity contribution in [1.29, 1.82) is 0 Å². The minimum atomic E-state index is 0.300. The molecule has 0 aromatic heterocycles. The Labute approximate surface area is 140 Å². The fourth-order valence-electron chi connectivity index (χ4n) is 5.35. The van der Waals surface area contributed by atoms with E-state index in [1.54, 1.807) is 5.57 Å². The predicted octanol–water partition coefficient (Wildman–Crippen LogP) is 6.33. The molecule has 0 amide bonds. The van der Waals surface area contributed by atoms with Crippen LogP contribution in [0.4, 0.5) is 0 Å². The van der Waals surface area contributed by atoms with Crippen molar-refractivity contribution in [1.82, 2.24) is 0 Å². The molecule has 2 fully saturated rings. The van der Waals surface area contributed by atoms with Crippen LogP contribution >= 0.6 is 0 Å². The molecule has 2 bridgehead atoms. The Hall–Kier alpha value is -1.82. The molecule has 2 saturated carbocycles. The van der Waals surface area contributed by atoms with Gasteiger partial charge in [0.25, 0.3) is 0 Å². The molecule has 2 aliphatic carbocycles. The molecule has 1 unspecified atom stereocenters. The topological polar surface area (TPSA) is 0 Å². The van der Waals surface area contributed by atoms with Crippen LogP contribution in [-0.4, -0.2) is 0 Å². The standard InChI is InChI=1S/C23H26/c1-22(2)19-14-15-23(3,16-19)21(22)20(17-10-6-4-7-11-17)18-12-8-5-9-13-18/h4-13,19H,14-16H2,1-3H3/t19?,23-/m0/s1. The van der Waals surface area contributed by atoms with Crippen molar-refractivity contribution in [2.45, 2.75) is 40.0 Å². The summed E-state index contributed by atoms with van der Waals surface area (Å²) in [6.45, 7) is 7.45. The van der Waals surface area contributed by atoms with Gasteiger partial charge in [0.05, 0.1) is 0 Å². The van der Waals surface area contributed by atoms with Crippen LogP contribution < -0.4 is 0 Å². The maximum atomic E-state index is 2.50. The summed E-state index contributed by atoms with van der Waals surface area (Å²) in [5.74, 6) is 0.838. The highest BCUT2D eigenvalue weighted by Gasteiger charge is 2.56. The van der Waals surface area contributed by atoms with Crippen molar-refractivity contribution in [3.8, 4) is 0 Å². The number of hydrogen-bond donors (Lipinski definition) is 0. The Balaban J connectivity index is 2.03. The second kappa shape index (κ2) is 5.09. The van der Waals surface area contributed by atoms with Gasteiger partial charge in [0.15, 0.2) is 0 Å². The minimum Gasteiger partial charge on any atom is -0.0622 e. The summed E-state index contributed by atoms with van der Waals surface area (Å²) in [5.41, 5.74) is 6.59. The van der Waals surface area contributed by atoms with Crippen LogP contribution in [0.2, 0.25) is 0 Å². The van der Waals surface area contributed by atoms with Crippen LogP contribution in [0, 0.1) is 16.7 Å². The maximum absolute atomic E-state index is 2.50. The van der Waals surface area contributed by atoms with Gasteiger partial charge in [0.2, 0.25) is 0 Å². The molecule has 2 atom stereocenters.